The molecule has 2 rings (SSSR count). The van der Waals surface area contributed by atoms with Crippen LogP contribution in [0.25, 0.3) is 0 Å². The number of carboxylic acid groups (broad SMARTS) is 1. The lowest BCUT2D eigenvalue weighted by molar-refractivity contribution is -0.138. The van der Waals surface area contributed by atoms with Gasteiger partial charge in [-0.2, -0.15) is 0 Å². The molecule has 19 heavy (non-hydrogen) atoms. The van der Waals surface area contributed by atoms with Crippen molar-refractivity contribution < 1.29 is 19.4 Å². The summed E-state index contributed by atoms with van der Waals surface area (Å²) in [5.41, 5.74) is 1.91. The average molecular weight is 263 g/mol. The van der Waals surface area contributed by atoms with Crippen molar-refractivity contribution in [2.75, 3.05) is 18.1 Å². The number of amides is 1. The van der Waals surface area contributed by atoms with Gasteiger partial charge in [0.05, 0.1) is 19.1 Å². The molecule has 1 aliphatic heterocycles. The van der Waals surface area contributed by atoms with Gasteiger partial charge in [0.15, 0.2) is 0 Å². The third kappa shape index (κ3) is 3.12. The molecule has 1 saturated heterocycles. The zero-order valence-corrected chi connectivity index (χ0v) is 10.8. The maximum Gasteiger partial charge on any atom is 0.305 e. The predicted octanol–water partition coefficient (Wildman–Crippen LogP) is 1.46. The van der Waals surface area contributed by atoms with Gasteiger partial charge in [0, 0.05) is 5.69 Å². The summed E-state index contributed by atoms with van der Waals surface area (Å²) >= 11 is 0. The van der Waals surface area contributed by atoms with Crippen LogP contribution in [0.2, 0.25) is 0 Å². The van der Waals surface area contributed by atoms with E-state index in [0.717, 1.165) is 12.1 Å². The zero-order chi connectivity index (χ0) is 13.8. The van der Waals surface area contributed by atoms with Crippen LogP contribution in [0, 0.1) is 0 Å². The molecule has 0 aliphatic carbocycles. The van der Waals surface area contributed by atoms with Gasteiger partial charge in [0.25, 0.3) is 5.91 Å². The molecule has 1 N–H and O–H groups in total. The highest BCUT2D eigenvalue weighted by Gasteiger charge is 2.31. The fraction of sp³-hybridized carbons (Fsp3) is 0.429. The van der Waals surface area contributed by atoms with Gasteiger partial charge in [-0.15, -0.1) is 0 Å². The van der Waals surface area contributed by atoms with Crippen LogP contribution in [0.1, 0.15) is 18.9 Å². The lowest BCUT2D eigenvalue weighted by Gasteiger charge is -2.34. The zero-order valence-electron chi connectivity index (χ0n) is 10.8. The molecule has 1 fully saturated rings. The molecule has 0 bridgehead atoms. The molecular weight excluding hydrogens is 246 g/mol. The van der Waals surface area contributed by atoms with Gasteiger partial charge in [-0.05, 0) is 24.1 Å². The van der Waals surface area contributed by atoms with Crippen molar-refractivity contribution in [3.8, 4) is 0 Å². The molecule has 1 unspecified atom stereocenters. The Bertz CT molecular complexity index is 469. The second kappa shape index (κ2) is 5.84. The number of morpholine rings is 1. The maximum absolute atomic E-state index is 11.9. The molecule has 5 heteroatoms. The molecular formula is C14H17NO4. The van der Waals surface area contributed by atoms with Gasteiger partial charge in [0.1, 0.15) is 6.61 Å². The van der Waals surface area contributed by atoms with Crippen molar-refractivity contribution in [1.29, 1.82) is 0 Å². The average Bonchev–Trinajstić information content (AvgIpc) is 2.38. The van der Waals surface area contributed by atoms with E-state index in [-0.39, 0.29) is 25.5 Å². The quantitative estimate of drug-likeness (QED) is 0.893. The molecule has 1 aliphatic rings. The van der Waals surface area contributed by atoms with Crippen molar-refractivity contribution in [3.63, 3.8) is 0 Å². The summed E-state index contributed by atoms with van der Waals surface area (Å²) < 4.78 is 5.14. The van der Waals surface area contributed by atoms with Gasteiger partial charge < -0.3 is 14.7 Å². The molecule has 0 spiro atoms. The van der Waals surface area contributed by atoms with Crippen LogP contribution in [0.4, 0.5) is 5.69 Å². The first kappa shape index (κ1) is 13.5. The van der Waals surface area contributed by atoms with E-state index in [4.69, 9.17) is 9.84 Å². The summed E-state index contributed by atoms with van der Waals surface area (Å²) in [6.45, 7) is 2.32. The first-order valence-electron chi connectivity index (χ1n) is 6.32. The van der Waals surface area contributed by atoms with Gasteiger partial charge in [-0.1, -0.05) is 19.1 Å². The third-order valence-electron chi connectivity index (χ3n) is 3.20. The Morgan fingerprint density at radius 2 is 2.11 bits per heavy atom. The highest BCUT2D eigenvalue weighted by atomic mass is 16.5. The van der Waals surface area contributed by atoms with Gasteiger partial charge in [-0.3, -0.25) is 9.59 Å². The van der Waals surface area contributed by atoms with E-state index in [2.05, 4.69) is 6.92 Å². The molecule has 5 nitrogen and oxygen atoms in total. The summed E-state index contributed by atoms with van der Waals surface area (Å²) in [6, 6.07) is 7.19. The minimum atomic E-state index is -0.932. The number of carbonyl (C=O) groups excluding carboxylic acids is 1. The predicted molar refractivity (Wildman–Crippen MR) is 70.2 cm³/mol. The van der Waals surface area contributed by atoms with Crippen LogP contribution >= 0.6 is 0 Å². The number of hydrogen-bond acceptors (Lipinski definition) is 3. The van der Waals surface area contributed by atoms with E-state index in [9.17, 15) is 9.59 Å². The second-order valence-corrected chi connectivity index (χ2v) is 4.55. The van der Waals surface area contributed by atoms with E-state index < -0.39 is 12.0 Å². The molecule has 1 amide bonds. The number of ether oxygens (including phenoxy) is 1. The molecule has 1 heterocycles. The Morgan fingerprint density at radius 1 is 1.42 bits per heavy atom. The van der Waals surface area contributed by atoms with Gasteiger partial charge in [-0.25, -0.2) is 0 Å². The monoisotopic (exact) mass is 263 g/mol. The van der Waals surface area contributed by atoms with Crippen molar-refractivity contribution in [1.82, 2.24) is 0 Å². The highest BCUT2D eigenvalue weighted by Crippen LogP contribution is 2.23. The Kier molecular flexibility index (Phi) is 4.16. The summed E-state index contributed by atoms with van der Waals surface area (Å²) in [7, 11) is 0. The van der Waals surface area contributed by atoms with Crippen LogP contribution in [0.5, 0.6) is 0 Å². The van der Waals surface area contributed by atoms with Crippen molar-refractivity contribution in [2.45, 2.75) is 25.8 Å². The van der Waals surface area contributed by atoms with E-state index >= 15 is 0 Å². The highest BCUT2D eigenvalue weighted by molar-refractivity contribution is 5.96. The Morgan fingerprint density at radius 3 is 2.68 bits per heavy atom. The number of aliphatic carboxylic acids is 1. The summed E-state index contributed by atoms with van der Waals surface area (Å²) in [5.74, 6) is -1.12. The van der Waals surface area contributed by atoms with E-state index in [1.165, 1.54) is 10.5 Å². The number of nitrogens with zero attached hydrogens (tertiary/aromatic N) is 1. The largest absolute Gasteiger partial charge is 0.481 e. The third-order valence-corrected chi connectivity index (χ3v) is 3.20. The first-order valence-corrected chi connectivity index (χ1v) is 6.32. The number of hydrogen-bond donors (Lipinski definition) is 1. The van der Waals surface area contributed by atoms with Crippen molar-refractivity contribution in [3.05, 3.63) is 29.8 Å². The standard InChI is InChI=1S/C14H17NO4/c1-2-10-3-5-11(6-4-10)15-12(7-14(17)18)8-19-9-13(15)16/h3-6,12H,2,7-9H2,1H3,(H,17,18). The number of benzene rings is 1. The number of carboxylic acids is 1. The van der Waals surface area contributed by atoms with Gasteiger partial charge >= 0.3 is 5.97 Å². The number of anilines is 1. The fourth-order valence-electron chi connectivity index (χ4n) is 2.23. The van der Waals surface area contributed by atoms with E-state index in [1.54, 1.807) is 0 Å². The Hall–Kier alpha value is -1.88. The molecule has 1 aromatic rings. The minimum Gasteiger partial charge on any atom is -0.481 e. The second-order valence-electron chi connectivity index (χ2n) is 4.55. The summed E-state index contributed by atoms with van der Waals surface area (Å²) in [6.07, 6.45) is 0.817. The van der Waals surface area contributed by atoms with Crippen molar-refractivity contribution in [2.24, 2.45) is 0 Å². The van der Waals surface area contributed by atoms with Crippen LogP contribution in [0.3, 0.4) is 0 Å². The molecule has 1 aromatic carbocycles. The Balaban J connectivity index is 2.24. The molecule has 0 radical (unpaired) electrons. The minimum absolute atomic E-state index is 0.00560. The van der Waals surface area contributed by atoms with Crippen LogP contribution in [-0.2, 0) is 20.7 Å². The smallest absolute Gasteiger partial charge is 0.305 e. The van der Waals surface area contributed by atoms with Crippen molar-refractivity contribution >= 4 is 17.6 Å². The maximum atomic E-state index is 11.9. The number of rotatable bonds is 4. The fourth-order valence-corrected chi connectivity index (χ4v) is 2.23. The topological polar surface area (TPSA) is 66.8 Å². The number of aryl methyl sites for hydroxylation is 1. The first-order chi connectivity index (χ1) is 9.11. The Labute approximate surface area is 111 Å². The molecule has 102 valence electrons. The molecule has 1 atom stereocenters. The lowest BCUT2D eigenvalue weighted by Crippen LogP contribution is -2.50. The summed E-state index contributed by atoms with van der Waals surface area (Å²) in [4.78, 5) is 24.3. The molecule has 0 saturated carbocycles. The SMILES string of the molecule is CCc1ccc(N2C(=O)COCC2CC(=O)O)cc1. The normalized spacial score (nSPS) is 19.5. The van der Waals surface area contributed by atoms with Gasteiger partial charge in [0.2, 0.25) is 0 Å². The van der Waals surface area contributed by atoms with Crippen LogP contribution < -0.4 is 4.90 Å². The lowest BCUT2D eigenvalue weighted by atomic mass is 10.1. The van der Waals surface area contributed by atoms with E-state index in [0.29, 0.717) is 0 Å². The molecule has 0 aromatic heterocycles. The number of carbonyl (C=O) groups is 2. The van der Waals surface area contributed by atoms with Crippen LogP contribution in [-0.4, -0.2) is 36.2 Å². The summed E-state index contributed by atoms with van der Waals surface area (Å²) in [5, 5.41) is 8.91. The van der Waals surface area contributed by atoms with Crippen LogP contribution in [0.15, 0.2) is 24.3 Å². The van der Waals surface area contributed by atoms with E-state index in [1.807, 2.05) is 24.3 Å².